The van der Waals surface area contributed by atoms with Gasteiger partial charge in [-0.1, -0.05) is 13.8 Å². The van der Waals surface area contributed by atoms with Crippen LogP contribution in [-0.4, -0.2) is 73.7 Å². The van der Waals surface area contributed by atoms with Crippen LogP contribution < -0.4 is 5.32 Å². The minimum absolute atomic E-state index is 0. The second kappa shape index (κ2) is 7.47. The van der Waals surface area contributed by atoms with Crippen LogP contribution in [0.3, 0.4) is 0 Å². The van der Waals surface area contributed by atoms with Gasteiger partial charge in [0.05, 0.1) is 19.3 Å². The molecule has 3 aliphatic rings. The van der Waals surface area contributed by atoms with Gasteiger partial charge < -0.3 is 15.0 Å². The Balaban J connectivity index is 0.00000176. The lowest BCUT2D eigenvalue weighted by Crippen LogP contribution is -2.56. The predicted molar refractivity (Wildman–Crippen MR) is 89.4 cm³/mol. The minimum Gasteiger partial charge on any atom is -0.379 e. The second-order valence-corrected chi connectivity index (χ2v) is 7.35. The van der Waals surface area contributed by atoms with E-state index in [1.54, 1.807) is 0 Å². The molecule has 1 N–H and O–H groups in total. The van der Waals surface area contributed by atoms with E-state index in [1.807, 2.05) is 0 Å². The van der Waals surface area contributed by atoms with Crippen molar-refractivity contribution in [3.63, 3.8) is 0 Å². The fourth-order valence-corrected chi connectivity index (χ4v) is 4.00. The highest BCUT2D eigenvalue weighted by atomic mass is 35.5. The molecule has 22 heavy (non-hydrogen) atoms. The molecule has 3 saturated heterocycles. The first-order chi connectivity index (χ1) is 10.1. The van der Waals surface area contributed by atoms with E-state index in [2.05, 4.69) is 29.0 Å². The summed E-state index contributed by atoms with van der Waals surface area (Å²) in [5.41, 5.74) is 0.0758. The predicted octanol–water partition coefficient (Wildman–Crippen LogP) is 1.12. The van der Waals surface area contributed by atoms with E-state index in [1.165, 1.54) is 6.42 Å². The number of nitrogens with one attached hydrogen (secondary N) is 1. The normalized spacial score (nSPS) is 32.5. The van der Waals surface area contributed by atoms with Crippen LogP contribution in [0, 0.1) is 5.41 Å². The molecular weight excluding hydrogens is 302 g/mol. The Hall–Kier alpha value is -0.360. The molecule has 0 aromatic carbocycles. The molecule has 3 aliphatic heterocycles. The van der Waals surface area contributed by atoms with Crippen molar-refractivity contribution in [1.82, 2.24) is 15.1 Å². The number of hydrogen-bond acceptors (Lipinski definition) is 4. The molecule has 3 heterocycles. The van der Waals surface area contributed by atoms with E-state index in [0.29, 0.717) is 11.9 Å². The van der Waals surface area contributed by atoms with Crippen molar-refractivity contribution >= 4 is 18.3 Å². The third-order valence-corrected chi connectivity index (χ3v) is 5.41. The molecule has 1 amide bonds. The van der Waals surface area contributed by atoms with Crippen LogP contribution in [0.4, 0.5) is 0 Å². The van der Waals surface area contributed by atoms with Gasteiger partial charge >= 0.3 is 0 Å². The third-order valence-electron chi connectivity index (χ3n) is 5.41. The molecule has 0 aliphatic carbocycles. The van der Waals surface area contributed by atoms with Gasteiger partial charge in [-0.3, -0.25) is 9.69 Å². The summed E-state index contributed by atoms with van der Waals surface area (Å²) >= 11 is 0. The van der Waals surface area contributed by atoms with Crippen molar-refractivity contribution < 1.29 is 9.53 Å². The number of amides is 1. The van der Waals surface area contributed by atoms with Crippen LogP contribution in [0.5, 0.6) is 0 Å². The fraction of sp³-hybridized carbons (Fsp3) is 0.938. The molecule has 6 heteroatoms. The smallest absolute Gasteiger partial charge is 0.240 e. The maximum Gasteiger partial charge on any atom is 0.240 e. The van der Waals surface area contributed by atoms with Crippen LogP contribution in [0.15, 0.2) is 0 Å². The van der Waals surface area contributed by atoms with Crippen molar-refractivity contribution in [2.24, 2.45) is 5.41 Å². The number of likely N-dealkylation sites (tertiary alicyclic amines) is 1. The highest BCUT2D eigenvalue weighted by molar-refractivity contribution is 5.85. The van der Waals surface area contributed by atoms with Gasteiger partial charge in [-0.25, -0.2) is 0 Å². The summed E-state index contributed by atoms with van der Waals surface area (Å²) in [6, 6.07) is 0.527. The van der Waals surface area contributed by atoms with Crippen LogP contribution in [0.1, 0.15) is 33.1 Å². The molecule has 2 unspecified atom stereocenters. The highest BCUT2D eigenvalue weighted by Crippen LogP contribution is 2.32. The van der Waals surface area contributed by atoms with Crippen LogP contribution in [0.2, 0.25) is 0 Å². The van der Waals surface area contributed by atoms with Gasteiger partial charge in [-0.2, -0.15) is 0 Å². The van der Waals surface area contributed by atoms with Gasteiger partial charge in [-0.15, -0.1) is 12.4 Å². The van der Waals surface area contributed by atoms with E-state index >= 15 is 0 Å². The SMILES string of the molecule is CC1(C)CCCNC1C(=O)N1CCC(N2CCOCC2)C1.Cl. The van der Waals surface area contributed by atoms with Gasteiger partial charge in [0, 0.05) is 32.2 Å². The monoisotopic (exact) mass is 331 g/mol. The zero-order valence-electron chi connectivity index (χ0n) is 13.8. The average molecular weight is 332 g/mol. The van der Waals surface area contributed by atoms with E-state index in [4.69, 9.17) is 4.74 Å². The zero-order chi connectivity index (χ0) is 14.9. The Kier molecular flexibility index (Phi) is 6.11. The molecule has 3 rings (SSSR count). The first kappa shape index (κ1) is 18.0. The van der Waals surface area contributed by atoms with Crippen LogP contribution in [0.25, 0.3) is 0 Å². The number of ether oxygens (including phenoxy) is 1. The number of halogens is 1. The molecule has 0 radical (unpaired) electrons. The van der Waals surface area contributed by atoms with E-state index in [0.717, 1.165) is 58.8 Å². The minimum atomic E-state index is -0.00492. The van der Waals surface area contributed by atoms with Crippen LogP contribution >= 0.6 is 12.4 Å². The van der Waals surface area contributed by atoms with Gasteiger partial charge in [0.2, 0.25) is 5.91 Å². The van der Waals surface area contributed by atoms with Crippen molar-refractivity contribution in [3.05, 3.63) is 0 Å². The van der Waals surface area contributed by atoms with Crippen molar-refractivity contribution in [2.75, 3.05) is 45.9 Å². The number of hydrogen-bond donors (Lipinski definition) is 1. The Morgan fingerprint density at radius 2 is 1.95 bits per heavy atom. The topological polar surface area (TPSA) is 44.8 Å². The first-order valence-corrected chi connectivity index (χ1v) is 8.42. The van der Waals surface area contributed by atoms with Gasteiger partial charge in [0.15, 0.2) is 0 Å². The summed E-state index contributed by atoms with van der Waals surface area (Å²) in [7, 11) is 0. The van der Waals surface area contributed by atoms with E-state index in [-0.39, 0.29) is 23.9 Å². The molecule has 3 fully saturated rings. The maximum absolute atomic E-state index is 12.9. The number of nitrogens with zero attached hydrogens (tertiary/aromatic N) is 2. The fourth-order valence-electron chi connectivity index (χ4n) is 4.00. The summed E-state index contributed by atoms with van der Waals surface area (Å²) in [5, 5.41) is 3.46. The Labute approximate surface area is 140 Å². The highest BCUT2D eigenvalue weighted by Gasteiger charge is 2.41. The molecule has 128 valence electrons. The van der Waals surface area contributed by atoms with Crippen molar-refractivity contribution in [3.8, 4) is 0 Å². The Bertz CT molecular complexity index is 386. The van der Waals surface area contributed by atoms with Gasteiger partial charge in [0.1, 0.15) is 0 Å². The Morgan fingerprint density at radius 3 is 2.64 bits per heavy atom. The lowest BCUT2D eigenvalue weighted by atomic mass is 9.77. The summed E-state index contributed by atoms with van der Waals surface area (Å²) in [5.74, 6) is 0.315. The number of carbonyl (C=O) groups is 1. The maximum atomic E-state index is 12.9. The third kappa shape index (κ3) is 3.75. The number of piperidine rings is 1. The molecular formula is C16H30ClN3O2. The summed E-state index contributed by atoms with van der Waals surface area (Å²) in [4.78, 5) is 17.4. The number of carbonyl (C=O) groups excluding carboxylic acids is 1. The zero-order valence-corrected chi connectivity index (χ0v) is 14.7. The molecule has 2 atom stereocenters. The van der Waals surface area contributed by atoms with E-state index in [9.17, 15) is 4.79 Å². The largest absolute Gasteiger partial charge is 0.379 e. The standard InChI is InChI=1S/C16H29N3O2.ClH/c1-16(2)5-3-6-17-14(16)15(20)19-7-4-13(12-19)18-8-10-21-11-9-18;/h13-14,17H,3-12H2,1-2H3;1H. The van der Waals surface area contributed by atoms with Crippen LogP contribution in [-0.2, 0) is 9.53 Å². The van der Waals surface area contributed by atoms with Crippen molar-refractivity contribution in [2.45, 2.75) is 45.2 Å². The molecule has 5 nitrogen and oxygen atoms in total. The molecule has 0 saturated carbocycles. The second-order valence-electron chi connectivity index (χ2n) is 7.35. The van der Waals surface area contributed by atoms with Gasteiger partial charge in [0.25, 0.3) is 0 Å². The lowest BCUT2D eigenvalue weighted by Gasteiger charge is -2.40. The molecule has 0 aromatic heterocycles. The molecule has 0 spiro atoms. The number of rotatable bonds is 2. The lowest BCUT2D eigenvalue weighted by molar-refractivity contribution is -0.136. The quantitative estimate of drug-likeness (QED) is 0.823. The van der Waals surface area contributed by atoms with Gasteiger partial charge in [-0.05, 0) is 31.2 Å². The summed E-state index contributed by atoms with van der Waals surface area (Å²) in [6.45, 7) is 10.9. The molecule has 0 bridgehead atoms. The van der Waals surface area contributed by atoms with E-state index < -0.39 is 0 Å². The number of morpholine rings is 1. The first-order valence-electron chi connectivity index (χ1n) is 8.42. The molecule has 0 aromatic rings. The average Bonchev–Trinajstić information content (AvgIpc) is 2.97. The van der Waals surface area contributed by atoms with Crippen molar-refractivity contribution in [1.29, 1.82) is 0 Å². The summed E-state index contributed by atoms with van der Waals surface area (Å²) < 4.78 is 5.42. The summed E-state index contributed by atoms with van der Waals surface area (Å²) in [6.07, 6.45) is 3.42. The Morgan fingerprint density at radius 1 is 1.23 bits per heavy atom.